The highest BCUT2D eigenvalue weighted by Gasteiger charge is 2.15. The Bertz CT molecular complexity index is 1010. The van der Waals surface area contributed by atoms with E-state index in [9.17, 15) is 4.79 Å². The summed E-state index contributed by atoms with van der Waals surface area (Å²) in [6.45, 7) is 0.211. The molecular weight excluding hydrogens is 332 g/mol. The summed E-state index contributed by atoms with van der Waals surface area (Å²) in [5.74, 6) is 0.739. The number of rotatable bonds is 5. The second-order valence-corrected chi connectivity index (χ2v) is 5.45. The molecule has 1 aromatic carbocycles. The molecule has 0 fully saturated rings. The lowest BCUT2D eigenvalue weighted by Crippen LogP contribution is -2.24. The van der Waals surface area contributed by atoms with E-state index in [1.165, 1.54) is 0 Å². The number of hydrogen-bond donors (Lipinski definition) is 1. The fourth-order valence-corrected chi connectivity index (χ4v) is 2.46. The Balaban J connectivity index is 1.46. The number of nitrogens with zero attached hydrogens (tertiary/aromatic N) is 5. The van der Waals surface area contributed by atoms with E-state index >= 15 is 0 Å². The Morgan fingerprint density at radius 1 is 1.15 bits per heavy atom. The van der Waals surface area contributed by atoms with Gasteiger partial charge >= 0.3 is 0 Å². The van der Waals surface area contributed by atoms with Gasteiger partial charge in [-0.3, -0.25) is 14.3 Å². The summed E-state index contributed by atoms with van der Waals surface area (Å²) in [5.41, 5.74) is 1.86. The van der Waals surface area contributed by atoms with Gasteiger partial charge in [0, 0.05) is 29.7 Å². The summed E-state index contributed by atoms with van der Waals surface area (Å²) in [7, 11) is 0. The lowest BCUT2D eigenvalue weighted by molar-refractivity contribution is 0.0940. The Morgan fingerprint density at radius 3 is 2.85 bits per heavy atom. The minimum Gasteiger partial charge on any atom is -0.355 e. The number of aromatic nitrogens is 5. The molecule has 0 saturated heterocycles. The third-order valence-corrected chi connectivity index (χ3v) is 3.75. The predicted octanol–water partition coefficient (Wildman–Crippen LogP) is 2.25. The van der Waals surface area contributed by atoms with Crippen LogP contribution >= 0.6 is 0 Å². The Kier molecular flexibility index (Phi) is 4.21. The average Bonchev–Trinajstić information content (AvgIpc) is 3.37. The van der Waals surface area contributed by atoms with Crippen LogP contribution in [0.2, 0.25) is 0 Å². The van der Waals surface area contributed by atoms with Crippen molar-refractivity contribution in [1.82, 2.24) is 30.2 Å². The van der Waals surface area contributed by atoms with Gasteiger partial charge < -0.3 is 9.84 Å². The van der Waals surface area contributed by atoms with Gasteiger partial charge in [0.05, 0.1) is 6.54 Å². The minimum absolute atomic E-state index is 0.189. The molecule has 3 heterocycles. The number of benzene rings is 1. The van der Waals surface area contributed by atoms with Gasteiger partial charge in [0.2, 0.25) is 0 Å². The predicted molar refractivity (Wildman–Crippen MR) is 92.3 cm³/mol. The van der Waals surface area contributed by atoms with Crippen LogP contribution in [0.4, 0.5) is 0 Å². The molecule has 1 N–H and O–H groups in total. The van der Waals surface area contributed by atoms with Crippen molar-refractivity contribution in [2.75, 3.05) is 0 Å². The second-order valence-electron chi connectivity index (χ2n) is 5.45. The summed E-state index contributed by atoms with van der Waals surface area (Å²) in [6.07, 6.45) is 4.91. The van der Waals surface area contributed by atoms with Crippen molar-refractivity contribution < 1.29 is 9.32 Å². The van der Waals surface area contributed by atoms with Crippen molar-refractivity contribution in [3.05, 3.63) is 78.8 Å². The smallest absolute Gasteiger partial charge is 0.273 e. The summed E-state index contributed by atoms with van der Waals surface area (Å²) >= 11 is 0. The van der Waals surface area contributed by atoms with E-state index in [1.54, 1.807) is 30.9 Å². The third-order valence-electron chi connectivity index (χ3n) is 3.75. The quantitative estimate of drug-likeness (QED) is 0.595. The molecule has 0 bridgehead atoms. The van der Waals surface area contributed by atoms with Crippen LogP contribution < -0.4 is 5.32 Å². The number of nitrogens with one attached hydrogen (secondary N) is 1. The molecular formula is C18H14N6O2. The zero-order valence-corrected chi connectivity index (χ0v) is 13.6. The lowest BCUT2D eigenvalue weighted by Gasteiger charge is -2.06. The summed E-state index contributed by atoms with van der Waals surface area (Å²) in [5, 5.41) is 14.6. The Morgan fingerprint density at radius 2 is 2.04 bits per heavy atom. The minimum atomic E-state index is -0.355. The van der Waals surface area contributed by atoms with E-state index in [4.69, 9.17) is 4.52 Å². The first-order valence-electron chi connectivity index (χ1n) is 7.91. The van der Waals surface area contributed by atoms with E-state index in [0.717, 1.165) is 11.3 Å². The summed E-state index contributed by atoms with van der Waals surface area (Å²) in [4.78, 5) is 16.3. The van der Waals surface area contributed by atoms with Gasteiger partial charge in [-0.2, -0.15) is 0 Å². The molecule has 0 aliphatic heterocycles. The fraction of sp³-hybridized carbons (Fsp3) is 0.0556. The van der Waals surface area contributed by atoms with Crippen molar-refractivity contribution >= 4 is 5.91 Å². The summed E-state index contributed by atoms with van der Waals surface area (Å²) in [6, 6.07) is 14.8. The van der Waals surface area contributed by atoms with E-state index in [1.807, 2.05) is 41.0 Å². The molecule has 26 heavy (non-hydrogen) atoms. The van der Waals surface area contributed by atoms with Crippen LogP contribution in [-0.4, -0.2) is 30.8 Å². The molecule has 0 unspecified atom stereocenters. The van der Waals surface area contributed by atoms with Crippen molar-refractivity contribution in [2.45, 2.75) is 6.54 Å². The van der Waals surface area contributed by atoms with Gasteiger partial charge in [0.15, 0.2) is 17.3 Å². The van der Waals surface area contributed by atoms with Crippen LogP contribution in [0.15, 0.2) is 71.8 Å². The highest BCUT2D eigenvalue weighted by Crippen LogP contribution is 2.18. The maximum absolute atomic E-state index is 12.3. The van der Waals surface area contributed by atoms with Gasteiger partial charge in [-0.1, -0.05) is 23.4 Å². The number of amides is 1. The first kappa shape index (κ1) is 15.7. The highest BCUT2D eigenvalue weighted by molar-refractivity contribution is 5.92. The highest BCUT2D eigenvalue weighted by atomic mass is 16.5. The molecule has 3 aromatic heterocycles. The number of hydrogen-bond acceptors (Lipinski definition) is 6. The maximum atomic E-state index is 12.3. The standard InChI is InChI=1S/C18H14N6O2/c25-18(15-9-16(26-23-15)13-5-4-8-19-10-13)20-11-17-22-21-12-24(17)14-6-2-1-3-7-14/h1-10,12H,11H2,(H,20,25). The van der Waals surface area contributed by atoms with Gasteiger partial charge in [-0.05, 0) is 24.3 Å². The Hall–Kier alpha value is -3.81. The van der Waals surface area contributed by atoms with E-state index in [2.05, 4.69) is 25.7 Å². The van der Waals surface area contributed by atoms with Crippen LogP contribution in [0.3, 0.4) is 0 Å². The number of carbonyl (C=O) groups excluding carboxylic acids is 1. The van der Waals surface area contributed by atoms with Crippen LogP contribution in [0.25, 0.3) is 17.0 Å². The Labute approximate surface area is 148 Å². The lowest BCUT2D eigenvalue weighted by atomic mass is 10.2. The number of pyridine rings is 1. The third kappa shape index (κ3) is 3.20. The van der Waals surface area contributed by atoms with Gasteiger partial charge in [0.25, 0.3) is 5.91 Å². The number of para-hydroxylation sites is 1. The molecule has 0 spiro atoms. The summed E-state index contributed by atoms with van der Waals surface area (Å²) < 4.78 is 7.03. The van der Waals surface area contributed by atoms with Gasteiger partial charge in [-0.15, -0.1) is 10.2 Å². The zero-order valence-electron chi connectivity index (χ0n) is 13.6. The monoisotopic (exact) mass is 346 g/mol. The molecule has 0 atom stereocenters. The molecule has 4 aromatic rings. The largest absolute Gasteiger partial charge is 0.355 e. The van der Waals surface area contributed by atoms with Crippen molar-refractivity contribution in [1.29, 1.82) is 0 Å². The van der Waals surface area contributed by atoms with Crippen LogP contribution in [0.5, 0.6) is 0 Å². The van der Waals surface area contributed by atoms with Crippen LogP contribution in [0.1, 0.15) is 16.3 Å². The normalized spacial score (nSPS) is 10.6. The van der Waals surface area contributed by atoms with E-state index < -0.39 is 0 Å². The molecule has 0 saturated carbocycles. The first-order valence-corrected chi connectivity index (χ1v) is 7.91. The van der Waals surface area contributed by atoms with Crippen molar-refractivity contribution in [3.8, 4) is 17.0 Å². The molecule has 4 rings (SSSR count). The zero-order chi connectivity index (χ0) is 17.8. The fourth-order valence-electron chi connectivity index (χ4n) is 2.46. The van der Waals surface area contributed by atoms with E-state index in [-0.39, 0.29) is 18.1 Å². The van der Waals surface area contributed by atoms with Crippen molar-refractivity contribution in [3.63, 3.8) is 0 Å². The van der Waals surface area contributed by atoms with Gasteiger partial charge in [0.1, 0.15) is 6.33 Å². The molecule has 128 valence electrons. The molecule has 0 radical (unpaired) electrons. The average molecular weight is 346 g/mol. The van der Waals surface area contributed by atoms with E-state index in [0.29, 0.717) is 11.6 Å². The molecule has 8 heteroatoms. The second kappa shape index (κ2) is 6.98. The van der Waals surface area contributed by atoms with Gasteiger partial charge in [-0.25, -0.2) is 0 Å². The van der Waals surface area contributed by atoms with Crippen LogP contribution in [0, 0.1) is 0 Å². The molecule has 0 aliphatic rings. The molecule has 8 nitrogen and oxygen atoms in total. The SMILES string of the molecule is O=C(NCc1nncn1-c1ccccc1)c1cc(-c2cccnc2)on1. The molecule has 0 aliphatic carbocycles. The maximum Gasteiger partial charge on any atom is 0.273 e. The number of carbonyl (C=O) groups is 1. The first-order chi connectivity index (χ1) is 12.8. The topological polar surface area (TPSA) is 98.7 Å². The molecule has 1 amide bonds. The van der Waals surface area contributed by atoms with Crippen LogP contribution in [-0.2, 0) is 6.54 Å². The van der Waals surface area contributed by atoms with Crippen molar-refractivity contribution in [2.24, 2.45) is 0 Å².